The second-order valence-electron chi connectivity index (χ2n) is 3.13. The monoisotopic (exact) mass is 318 g/mol. The van der Waals surface area contributed by atoms with Gasteiger partial charge in [0.05, 0.1) is 0 Å². The summed E-state index contributed by atoms with van der Waals surface area (Å²) in [6, 6.07) is 14.3. The van der Waals surface area contributed by atoms with Gasteiger partial charge in [0.15, 0.2) is 0 Å². The molecule has 2 aromatic carbocycles. The average Bonchev–Trinajstić information content (AvgIpc) is 2.29. The van der Waals surface area contributed by atoms with E-state index in [4.69, 9.17) is 23.2 Å². The molecule has 0 aliphatic carbocycles. The van der Waals surface area contributed by atoms with E-state index in [0.29, 0.717) is 19.0 Å². The molecule has 0 aliphatic heterocycles. The van der Waals surface area contributed by atoms with Gasteiger partial charge in [0, 0.05) is 0 Å². The summed E-state index contributed by atoms with van der Waals surface area (Å²) in [5, 5.41) is 1.06. The summed E-state index contributed by atoms with van der Waals surface area (Å²) >= 11 is 9.65. The van der Waals surface area contributed by atoms with E-state index >= 15 is 0 Å². The number of hydrogen-bond donors (Lipinski definition) is 0. The van der Waals surface area contributed by atoms with Crippen molar-refractivity contribution in [3.05, 3.63) is 58.6 Å². The van der Waals surface area contributed by atoms with E-state index in [1.807, 2.05) is 24.3 Å². The average molecular weight is 318 g/mol. The van der Waals surface area contributed by atoms with Gasteiger partial charge in [-0.25, -0.2) is 0 Å². The molecule has 82 valence electrons. The van der Waals surface area contributed by atoms with Gasteiger partial charge in [0.25, 0.3) is 0 Å². The molecule has 0 aromatic heterocycles. The topological polar surface area (TPSA) is 17.1 Å². The zero-order valence-corrected chi connectivity index (χ0v) is 11.4. The number of hydrogen-bond acceptors (Lipinski definition) is 1. The molecule has 0 N–H and O–H groups in total. The van der Waals surface area contributed by atoms with Crippen LogP contribution in [0.2, 0.25) is 10.0 Å². The SMILES string of the molecule is O=[Se](c1ccccc1Cl)c1ccccc1Cl. The zero-order chi connectivity index (χ0) is 11.5. The first kappa shape index (κ1) is 11.8. The molecule has 0 bridgehead atoms. The minimum absolute atomic E-state index is 0.530. The van der Waals surface area contributed by atoms with Crippen LogP contribution in [0.25, 0.3) is 0 Å². The van der Waals surface area contributed by atoms with Gasteiger partial charge in [-0.3, -0.25) is 0 Å². The van der Waals surface area contributed by atoms with E-state index < -0.39 is 13.8 Å². The summed E-state index contributed by atoms with van der Waals surface area (Å²) in [6.07, 6.45) is 0. The summed E-state index contributed by atoms with van der Waals surface area (Å²) < 4.78 is 13.7. The Balaban J connectivity index is 2.48. The quantitative estimate of drug-likeness (QED) is 0.778. The van der Waals surface area contributed by atoms with Gasteiger partial charge in [-0.2, -0.15) is 0 Å². The third-order valence-electron chi connectivity index (χ3n) is 2.07. The van der Waals surface area contributed by atoms with Crippen LogP contribution in [0.5, 0.6) is 0 Å². The van der Waals surface area contributed by atoms with Crippen molar-refractivity contribution in [3.63, 3.8) is 0 Å². The fourth-order valence-electron chi connectivity index (χ4n) is 1.31. The van der Waals surface area contributed by atoms with Crippen molar-refractivity contribution < 1.29 is 3.83 Å². The van der Waals surface area contributed by atoms with E-state index in [0.717, 1.165) is 0 Å². The van der Waals surface area contributed by atoms with Gasteiger partial charge in [0.2, 0.25) is 0 Å². The van der Waals surface area contributed by atoms with Crippen molar-refractivity contribution in [3.8, 4) is 0 Å². The second-order valence-corrected chi connectivity index (χ2v) is 6.92. The first-order chi connectivity index (χ1) is 7.70. The maximum atomic E-state index is 12.3. The van der Waals surface area contributed by atoms with Crippen LogP contribution < -0.4 is 8.92 Å². The van der Waals surface area contributed by atoms with Crippen LogP contribution in [0.15, 0.2) is 48.5 Å². The van der Waals surface area contributed by atoms with Crippen molar-refractivity contribution in [1.82, 2.24) is 0 Å². The molecule has 0 atom stereocenters. The Kier molecular flexibility index (Phi) is 3.78. The Bertz CT molecular complexity index is 493. The predicted octanol–water partition coefficient (Wildman–Crippen LogP) is 2.53. The molecule has 2 aromatic rings. The van der Waals surface area contributed by atoms with Crippen LogP contribution in [-0.4, -0.2) is 13.8 Å². The van der Waals surface area contributed by atoms with E-state index in [1.165, 1.54) is 0 Å². The standard InChI is InChI=1S/C12H8Cl2OSe/c13-9-5-1-3-7-11(9)16(15)12-8-4-2-6-10(12)14/h1-8H. The number of rotatable bonds is 2. The molecule has 0 amide bonds. The van der Waals surface area contributed by atoms with Gasteiger partial charge in [-0.1, -0.05) is 0 Å². The van der Waals surface area contributed by atoms with Crippen molar-refractivity contribution in [2.24, 2.45) is 0 Å². The summed E-state index contributed by atoms with van der Waals surface area (Å²) in [5.74, 6) is 0. The van der Waals surface area contributed by atoms with Gasteiger partial charge in [-0.05, 0) is 0 Å². The van der Waals surface area contributed by atoms with Crippen LogP contribution in [0.3, 0.4) is 0 Å². The second kappa shape index (κ2) is 5.11. The van der Waals surface area contributed by atoms with E-state index in [1.54, 1.807) is 24.3 Å². The Morgan fingerprint density at radius 1 is 0.750 bits per heavy atom. The summed E-state index contributed by atoms with van der Waals surface area (Å²) in [6.45, 7) is 0. The molecule has 4 heteroatoms. The Labute approximate surface area is 108 Å². The molecular formula is C12H8Cl2OSe. The third kappa shape index (κ3) is 2.36. The molecule has 1 nitrogen and oxygen atoms in total. The van der Waals surface area contributed by atoms with Crippen LogP contribution >= 0.6 is 23.2 Å². The molecule has 0 radical (unpaired) electrons. The minimum atomic E-state index is -2.36. The molecule has 0 aliphatic rings. The molecular weight excluding hydrogens is 310 g/mol. The normalized spacial score (nSPS) is 10.7. The maximum absolute atomic E-state index is 12.3. The van der Waals surface area contributed by atoms with Crippen LogP contribution in [0.4, 0.5) is 0 Å². The molecule has 16 heavy (non-hydrogen) atoms. The molecule has 0 fully saturated rings. The summed E-state index contributed by atoms with van der Waals surface area (Å²) in [4.78, 5) is 0. The van der Waals surface area contributed by atoms with Crippen LogP contribution in [-0.2, 0) is 3.83 Å². The summed E-state index contributed by atoms with van der Waals surface area (Å²) in [5.41, 5.74) is 0. The Morgan fingerprint density at radius 3 is 1.50 bits per heavy atom. The Morgan fingerprint density at radius 2 is 1.12 bits per heavy atom. The fourth-order valence-corrected chi connectivity index (χ4v) is 4.68. The predicted molar refractivity (Wildman–Crippen MR) is 68.6 cm³/mol. The molecule has 0 spiro atoms. The third-order valence-corrected chi connectivity index (χ3v) is 6.41. The molecule has 0 saturated heterocycles. The van der Waals surface area contributed by atoms with Crippen LogP contribution in [0, 0.1) is 0 Å². The number of benzene rings is 2. The molecule has 0 saturated carbocycles. The van der Waals surface area contributed by atoms with Crippen molar-refractivity contribution in [2.75, 3.05) is 0 Å². The molecule has 2 rings (SSSR count). The zero-order valence-electron chi connectivity index (χ0n) is 8.19. The van der Waals surface area contributed by atoms with E-state index in [9.17, 15) is 3.83 Å². The van der Waals surface area contributed by atoms with E-state index in [2.05, 4.69) is 0 Å². The van der Waals surface area contributed by atoms with Crippen LogP contribution in [0.1, 0.15) is 0 Å². The summed E-state index contributed by atoms with van der Waals surface area (Å²) in [7, 11) is 0. The first-order valence-electron chi connectivity index (χ1n) is 4.61. The van der Waals surface area contributed by atoms with Crippen molar-refractivity contribution in [1.29, 1.82) is 0 Å². The first-order valence-corrected chi connectivity index (χ1v) is 7.78. The van der Waals surface area contributed by atoms with Gasteiger partial charge in [-0.15, -0.1) is 0 Å². The molecule has 0 heterocycles. The fraction of sp³-hybridized carbons (Fsp3) is 0. The van der Waals surface area contributed by atoms with Gasteiger partial charge in [0.1, 0.15) is 0 Å². The molecule has 0 unspecified atom stereocenters. The van der Waals surface area contributed by atoms with Crippen molar-refractivity contribution in [2.45, 2.75) is 0 Å². The van der Waals surface area contributed by atoms with E-state index in [-0.39, 0.29) is 0 Å². The Hall–Kier alpha value is -0.661. The van der Waals surface area contributed by atoms with Crippen molar-refractivity contribution >= 4 is 46.0 Å². The van der Waals surface area contributed by atoms with Gasteiger partial charge >= 0.3 is 108 Å². The number of halogens is 2. The van der Waals surface area contributed by atoms with Gasteiger partial charge < -0.3 is 0 Å².